The third-order valence-electron chi connectivity index (χ3n) is 2.78. The van der Waals surface area contributed by atoms with Gasteiger partial charge in [-0.1, -0.05) is 18.2 Å². The summed E-state index contributed by atoms with van der Waals surface area (Å²) in [6.45, 7) is 0.490. The number of nitrogens with one attached hydrogen (secondary N) is 1. The standard InChI is InChI=1S/C15H16N2O2/c1-19-14-4-2-3-12(9-14)15(18)17-13-7-5-11(10-16)6-8-13/h2-9H,10,16H2,1H3,(H,17,18). The minimum atomic E-state index is -0.167. The van der Waals surface area contributed by atoms with Gasteiger partial charge in [0, 0.05) is 17.8 Å². The number of amides is 1. The molecule has 4 heteroatoms. The highest BCUT2D eigenvalue weighted by atomic mass is 16.5. The fourth-order valence-corrected chi connectivity index (χ4v) is 1.69. The Bertz CT molecular complexity index is 565. The number of anilines is 1. The van der Waals surface area contributed by atoms with Crippen molar-refractivity contribution in [3.05, 3.63) is 59.7 Å². The van der Waals surface area contributed by atoms with Crippen LogP contribution in [-0.4, -0.2) is 13.0 Å². The number of ether oxygens (including phenoxy) is 1. The highest BCUT2D eigenvalue weighted by Gasteiger charge is 2.06. The van der Waals surface area contributed by atoms with Crippen LogP contribution in [0.25, 0.3) is 0 Å². The predicted octanol–water partition coefficient (Wildman–Crippen LogP) is 2.41. The largest absolute Gasteiger partial charge is 0.497 e. The summed E-state index contributed by atoms with van der Waals surface area (Å²) in [7, 11) is 1.57. The molecule has 0 aromatic heterocycles. The molecule has 3 N–H and O–H groups in total. The van der Waals surface area contributed by atoms with E-state index in [9.17, 15) is 4.79 Å². The molecule has 0 radical (unpaired) electrons. The van der Waals surface area contributed by atoms with E-state index in [1.165, 1.54) is 0 Å². The second-order valence-corrected chi connectivity index (χ2v) is 4.09. The molecule has 0 bridgehead atoms. The molecule has 4 nitrogen and oxygen atoms in total. The quantitative estimate of drug-likeness (QED) is 0.883. The van der Waals surface area contributed by atoms with E-state index in [0.29, 0.717) is 17.9 Å². The number of nitrogens with two attached hydrogens (primary N) is 1. The van der Waals surface area contributed by atoms with Crippen LogP contribution in [0.3, 0.4) is 0 Å². The van der Waals surface area contributed by atoms with E-state index >= 15 is 0 Å². The summed E-state index contributed by atoms with van der Waals surface area (Å²) < 4.78 is 5.09. The van der Waals surface area contributed by atoms with Gasteiger partial charge in [-0.3, -0.25) is 4.79 Å². The Kier molecular flexibility index (Phi) is 4.15. The molecule has 0 atom stereocenters. The molecule has 0 fully saturated rings. The molecule has 0 aliphatic rings. The van der Waals surface area contributed by atoms with Gasteiger partial charge in [0.15, 0.2) is 0 Å². The molecule has 0 aliphatic carbocycles. The maximum Gasteiger partial charge on any atom is 0.255 e. The van der Waals surface area contributed by atoms with E-state index in [-0.39, 0.29) is 5.91 Å². The summed E-state index contributed by atoms with van der Waals surface area (Å²) in [6, 6.07) is 14.5. The molecule has 98 valence electrons. The average Bonchev–Trinajstić information content (AvgIpc) is 2.48. The third-order valence-corrected chi connectivity index (χ3v) is 2.78. The van der Waals surface area contributed by atoms with Crippen molar-refractivity contribution in [1.82, 2.24) is 0 Å². The zero-order valence-electron chi connectivity index (χ0n) is 10.7. The van der Waals surface area contributed by atoms with Crippen LogP contribution in [0.4, 0.5) is 5.69 Å². The van der Waals surface area contributed by atoms with Crippen LogP contribution in [-0.2, 0) is 6.54 Å². The molecule has 0 heterocycles. The first-order valence-electron chi connectivity index (χ1n) is 5.97. The molecule has 2 aromatic carbocycles. The Labute approximate surface area is 112 Å². The molecular formula is C15H16N2O2. The Balaban J connectivity index is 2.11. The number of hydrogen-bond acceptors (Lipinski definition) is 3. The molecular weight excluding hydrogens is 240 g/mol. The highest BCUT2D eigenvalue weighted by molar-refractivity contribution is 6.04. The van der Waals surface area contributed by atoms with E-state index in [1.807, 2.05) is 24.3 Å². The monoisotopic (exact) mass is 256 g/mol. The number of carbonyl (C=O) groups excluding carboxylic acids is 1. The normalized spacial score (nSPS) is 10.0. The van der Waals surface area contributed by atoms with Gasteiger partial charge in [0.05, 0.1) is 7.11 Å². The summed E-state index contributed by atoms with van der Waals surface area (Å²) in [6.07, 6.45) is 0. The summed E-state index contributed by atoms with van der Waals surface area (Å²) in [5, 5.41) is 2.83. The Morgan fingerprint density at radius 3 is 2.58 bits per heavy atom. The van der Waals surface area contributed by atoms with Crippen molar-refractivity contribution < 1.29 is 9.53 Å². The number of hydrogen-bond donors (Lipinski definition) is 2. The Morgan fingerprint density at radius 2 is 1.95 bits per heavy atom. The van der Waals surface area contributed by atoms with Crippen LogP contribution < -0.4 is 15.8 Å². The van der Waals surface area contributed by atoms with Gasteiger partial charge in [0.2, 0.25) is 0 Å². The molecule has 0 unspecified atom stereocenters. The predicted molar refractivity (Wildman–Crippen MR) is 75.3 cm³/mol. The first-order valence-corrected chi connectivity index (χ1v) is 5.97. The molecule has 2 aromatic rings. The topological polar surface area (TPSA) is 64.3 Å². The first kappa shape index (κ1) is 13.1. The van der Waals surface area contributed by atoms with E-state index in [2.05, 4.69) is 5.32 Å². The van der Waals surface area contributed by atoms with Crippen molar-refractivity contribution in [1.29, 1.82) is 0 Å². The molecule has 2 rings (SSSR count). The Morgan fingerprint density at radius 1 is 1.21 bits per heavy atom. The van der Waals surface area contributed by atoms with Gasteiger partial charge in [-0.25, -0.2) is 0 Å². The second kappa shape index (κ2) is 6.02. The lowest BCUT2D eigenvalue weighted by Gasteiger charge is -2.07. The van der Waals surface area contributed by atoms with Crippen molar-refractivity contribution >= 4 is 11.6 Å². The summed E-state index contributed by atoms with van der Waals surface area (Å²) in [4.78, 5) is 12.0. The summed E-state index contributed by atoms with van der Waals surface area (Å²) >= 11 is 0. The van der Waals surface area contributed by atoms with Gasteiger partial charge >= 0.3 is 0 Å². The number of carbonyl (C=O) groups is 1. The lowest BCUT2D eigenvalue weighted by atomic mass is 10.1. The van der Waals surface area contributed by atoms with Gasteiger partial charge in [-0.2, -0.15) is 0 Å². The molecule has 0 saturated heterocycles. The van der Waals surface area contributed by atoms with Crippen LogP contribution in [0.15, 0.2) is 48.5 Å². The van der Waals surface area contributed by atoms with Gasteiger partial charge in [0.25, 0.3) is 5.91 Å². The lowest BCUT2D eigenvalue weighted by molar-refractivity contribution is 0.102. The zero-order chi connectivity index (χ0) is 13.7. The number of methoxy groups -OCH3 is 1. The van der Waals surface area contributed by atoms with Crippen molar-refractivity contribution in [3.63, 3.8) is 0 Å². The number of rotatable bonds is 4. The van der Waals surface area contributed by atoms with Crippen LogP contribution in [0, 0.1) is 0 Å². The maximum absolute atomic E-state index is 12.0. The van der Waals surface area contributed by atoms with Crippen LogP contribution >= 0.6 is 0 Å². The fourth-order valence-electron chi connectivity index (χ4n) is 1.69. The molecule has 0 saturated carbocycles. The molecule has 1 amide bonds. The Hall–Kier alpha value is -2.33. The summed E-state index contributed by atoms with van der Waals surface area (Å²) in [5.74, 6) is 0.491. The molecule has 0 aliphatic heterocycles. The highest BCUT2D eigenvalue weighted by Crippen LogP contribution is 2.15. The van der Waals surface area contributed by atoms with E-state index in [0.717, 1.165) is 11.3 Å². The fraction of sp³-hybridized carbons (Fsp3) is 0.133. The molecule has 0 spiro atoms. The van der Waals surface area contributed by atoms with Crippen LogP contribution in [0.5, 0.6) is 5.75 Å². The minimum Gasteiger partial charge on any atom is -0.497 e. The summed E-state index contributed by atoms with van der Waals surface area (Å²) in [5.41, 5.74) is 7.85. The van der Waals surface area contributed by atoms with Gasteiger partial charge < -0.3 is 15.8 Å². The minimum absolute atomic E-state index is 0.167. The van der Waals surface area contributed by atoms with E-state index in [1.54, 1.807) is 31.4 Å². The average molecular weight is 256 g/mol. The van der Waals surface area contributed by atoms with Crippen molar-refractivity contribution in [3.8, 4) is 5.75 Å². The van der Waals surface area contributed by atoms with E-state index in [4.69, 9.17) is 10.5 Å². The molecule has 19 heavy (non-hydrogen) atoms. The van der Waals surface area contributed by atoms with Crippen LogP contribution in [0.2, 0.25) is 0 Å². The van der Waals surface area contributed by atoms with Gasteiger partial charge in [0.1, 0.15) is 5.75 Å². The lowest BCUT2D eigenvalue weighted by Crippen LogP contribution is -2.12. The maximum atomic E-state index is 12.0. The smallest absolute Gasteiger partial charge is 0.255 e. The first-order chi connectivity index (χ1) is 9.22. The second-order valence-electron chi connectivity index (χ2n) is 4.09. The number of benzene rings is 2. The SMILES string of the molecule is COc1cccc(C(=O)Nc2ccc(CN)cc2)c1. The third kappa shape index (κ3) is 3.33. The zero-order valence-corrected chi connectivity index (χ0v) is 10.7. The van der Waals surface area contributed by atoms with Gasteiger partial charge in [-0.15, -0.1) is 0 Å². The van der Waals surface area contributed by atoms with Crippen LogP contribution in [0.1, 0.15) is 15.9 Å². The van der Waals surface area contributed by atoms with Crippen molar-refractivity contribution in [2.24, 2.45) is 5.73 Å². The van der Waals surface area contributed by atoms with Gasteiger partial charge in [-0.05, 0) is 35.9 Å². The van der Waals surface area contributed by atoms with Crippen molar-refractivity contribution in [2.75, 3.05) is 12.4 Å². The van der Waals surface area contributed by atoms with Crippen molar-refractivity contribution in [2.45, 2.75) is 6.54 Å². The van der Waals surface area contributed by atoms with E-state index < -0.39 is 0 Å².